The largest absolute Gasteiger partial charge is 0.467 e. The fourth-order valence-corrected chi connectivity index (χ4v) is 3.52. The summed E-state index contributed by atoms with van der Waals surface area (Å²) in [6, 6.07) is 11.3. The monoisotopic (exact) mass is 395 g/mol. The van der Waals surface area contributed by atoms with Crippen LogP contribution in [0.2, 0.25) is 0 Å². The van der Waals surface area contributed by atoms with Gasteiger partial charge in [0.1, 0.15) is 18.2 Å². The van der Waals surface area contributed by atoms with E-state index in [1.807, 2.05) is 48.2 Å². The lowest BCUT2D eigenvalue weighted by Gasteiger charge is -2.31. The summed E-state index contributed by atoms with van der Waals surface area (Å²) in [6.07, 6.45) is 3.55. The number of aromatic nitrogens is 3. The molecule has 8 nitrogen and oxygen atoms in total. The van der Waals surface area contributed by atoms with Crippen LogP contribution in [-0.4, -0.2) is 39.2 Å². The second-order valence-electron chi connectivity index (χ2n) is 7.27. The third-order valence-corrected chi connectivity index (χ3v) is 4.96. The highest BCUT2D eigenvalue weighted by Crippen LogP contribution is 2.25. The molecule has 1 fully saturated rings. The van der Waals surface area contributed by atoms with Gasteiger partial charge >= 0.3 is 6.03 Å². The van der Waals surface area contributed by atoms with E-state index in [9.17, 15) is 4.79 Å². The molecule has 152 valence electrons. The number of nitrogens with one attached hydrogen (secondary N) is 2. The van der Waals surface area contributed by atoms with Crippen LogP contribution in [0.3, 0.4) is 0 Å². The minimum Gasteiger partial charge on any atom is -0.467 e. The van der Waals surface area contributed by atoms with Gasteiger partial charge in [0.25, 0.3) is 0 Å². The minimum atomic E-state index is -0.101. The Morgan fingerprint density at radius 3 is 3.07 bits per heavy atom. The van der Waals surface area contributed by atoms with Crippen molar-refractivity contribution in [3.8, 4) is 0 Å². The Bertz CT molecular complexity index is 937. The number of carbonyl (C=O) groups excluding carboxylic acids is 1. The Hall–Kier alpha value is -3.13. The van der Waals surface area contributed by atoms with Crippen molar-refractivity contribution in [2.24, 2.45) is 0 Å². The van der Waals surface area contributed by atoms with Crippen LogP contribution in [0.15, 0.2) is 47.1 Å². The quantitative estimate of drug-likeness (QED) is 0.661. The van der Waals surface area contributed by atoms with Crippen molar-refractivity contribution in [3.63, 3.8) is 0 Å². The predicted octanol–water partition coefficient (Wildman–Crippen LogP) is 3.83. The standard InChI is InChI=1S/C21H25N5O3/c1-15-22-20(25-24-15)17-6-3-9-26(12-17)21(27)23-18-7-2-5-16(11-18)13-28-14-19-8-4-10-29-19/h2,4-5,7-8,10-11,17H,3,6,9,12-14H2,1H3,(H,23,27)(H,22,24,25)/t17-/m0/s1. The molecule has 2 amide bonds. The third kappa shape index (κ3) is 5.03. The summed E-state index contributed by atoms with van der Waals surface area (Å²) in [6.45, 7) is 4.10. The molecule has 0 unspecified atom stereocenters. The number of carbonyl (C=O) groups is 1. The number of H-pyrrole nitrogens is 1. The molecule has 1 aliphatic heterocycles. The van der Waals surface area contributed by atoms with Gasteiger partial charge in [-0.25, -0.2) is 9.78 Å². The number of likely N-dealkylation sites (tertiary alicyclic amines) is 1. The van der Waals surface area contributed by atoms with Crippen molar-refractivity contribution in [3.05, 3.63) is 65.6 Å². The minimum absolute atomic E-state index is 0.101. The smallest absolute Gasteiger partial charge is 0.321 e. The number of hydrogen-bond donors (Lipinski definition) is 2. The molecule has 1 aliphatic rings. The number of nitrogens with zero attached hydrogens (tertiary/aromatic N) is 3. The maximum atomic E-state index is 12.8. The molecule has 3 heterocycles. The van der Waals surface area contributed by atoms with Gasteiger partial charge in [-0.2, -0.15) is 5.10 Å². The van der Waals surface area contributed by atoms with Gasteiger partial charge in [-0.1, -0.05) is 12.1 Å². The van der Waals surface area contributed by atoms with Crippen LogP contribution in [0.4, 0.5) is 10.5 Å². The zero-order valence-electron chi connectivity index (χ0n) is 16.4. The van der Waals surface area contributed by atoms with Gasteiger partial charge in [0.15, 0.2) is 5.82 Å². The van der Waals surface area contributed by atoms with Gasteiger partial charge in [0.2, 0.25) is 0 Å². The average molecular weight is 395 g/mol. The van der Waals surface area contributed by atoms with Crippen LogP contribution in [0, 0.1) is 6.92 Å². The second kappa shape index (κ2) is 8.91. The number of amides is 2. The number of aryl methyl sites for hydroxylation is 1. The number of anilines is 1. The molecule has 1 aromatic carbocycles. The number of rotatable bonds is 6. The van der Waals surface area contributed by atoms with E-state index in [-0.39, 0.29) is 11.9 Å². The molecule has 3 aromatic rings. The SMILES string of the molecule is Cc1nc([C@H]2CCCN(C(=O)Nc3cccc(COCc4ccco4)c3)C2)n[nH]1. The van der Waals surface area contributed by atoms with Crippen molar-refractivity contribution in [1.82, 2.24) is 20.1 Å². The van der Waals surface area contributed by atoms with Gasteiger partial charge in [-0.15, -0.1) is 0 Å². The summed E-state index contributed by atoms with van der Waals surface area (Å²) in [5.41, 5.74) is 1.74. The molecular formula is C21H25N5O3. The molecule has 1 atom stereocenters. The summed E-state index contributed by atoms with van der Waals surface area (Å²) in [4.78, 5) is 19.0. The lowest BCUT2D eigenvalue weighted by molar-refractivity contribution is 0.0930. The predicted molar refractivity (Wildman–Crippen MR) is 107 cm³/mol. The van der Waals surface area contributed by atoms with Gasteiger partial charge in [-0.3, -0.25) is 5.10 Å². The Balaban J connectivity index is 1.31. The number of piperidine rings is 1. The Kier molecular flexibility index (Phi) is 5.90. The fraction of sp³-hybridized carbons (Fsp3) is 0.381. The molecule has 0 saturated carbocycles. The van der Waals surface area contributed by atoms with Crippen molar-refractivity contribution in [1.29, 1.82) is 0 Å². The van der Waals surface area contributed by atoms with Crippen LogP contribution in [0.1, 0.15) is 41.7 Å². The van der Waals surface area contributed by atoms with Gasteiger partial charge in [0.05, 0.1) is 12.9 Å². The zero-order chi connectivity index (χ0) is 20.1. The van der Waals surface area contributed by atoms with Crippen molar-refractivity contribution in [2.45, 2.75) is 38.9 Å². The maximum Gasteiger partial charge on any atom is 0.321 e. The number of urea groups is 1. The summed E-state index contributed by atoms with van der Waals surface area (Å²) >= 11 is 0. The van der Waals surface area contributed by atoms with E-state index in [0.29, 0.717) is 19.8 Å². The summed E-state index contributed by atoms with van der Waals surface area (Å²) in [7, 11) is 0. The number of benzene rings is 1. The molecule has 2 N–H and O–H groups in total. The molecule has 4 rings (SSSR count). The van der Waals surface area contributed by atoms with E-state index < -0.39 is 0 Å². The molecule has 1 saturated heterocycles. The first-order valence-corrected chi connectivity index (χ1v) is 9.81. The molecule has 0 spiro atoms. The number of furan rings is 1. The van der Waals surface area contributed by atoms with Crippen molar-refractivity contribution in [2.75, 3.05) is 18.4 Å². The molecule has 2 aromatic heterocycles. The molecule has 0 bridgehead atoms. The second-order valence-corrected chi connectivity index (χ2v) is 7.27. The zero-order valence-corrected chi connectivity index (χ0v) is 16.4. The maximum absolute atomic E-state index is 12.8. The molecule has 0 radical (unpaired) electrons. The number of hydrogen-bond acceptors (Lipinski definition) is 5. The Morgan fingerprint density at radius 2 is 2.28 bits per heavy atom. The van der Waals surface area contributed by atoms with Crippen LogP contribution in [0.5, 0.6) is 0 Å². The average Bonchev–Trinajstić information content (AvgIpc) is 3.40. The number of aromatic amines is 1. The fourth-order valence-electron chi connectivity index (χ4n) is 3.52. The molecule has 0 aliphatic carbocycles. The van der Waals surface area contributed by atoms with Crippen molar-refractivity contribution < 1.29 is 13.9 Å². The summed E-state index contributed by atoms with van der Waals surface area (Å²) in [5, 5.41) is 10.1. The van der Waals surface area contributed by atoms with Gasteiger partial charge in [0, 0.05) is 24.7 Å². The highest BCUT2D eigenvalue weighted by molar-refractivity contribution is 5.89. The normalized spacial score (nSPS) is 16.7. The lowest BCUT2D eigenvalue weighted by Crippen LogP contribution is -2.41. The third-order valence-electron chi connectivity index (χ3n) is 4.96. The van der Waals surface area contributed by atoms with Crippen LogP contribution >= 0.6 is 0 Å². The highest BCUT2D eigenvalue weighted by atomic mass is 16.5. The molecular weight excluding hydrogens is 370 g/mol. The number of ether oxygens (including phenoxy) is 1. The first-order chi connectivity index (χ1) is 14.2. The Labute approximate surface area is 169 Å². The highest BCUT2D eigenvalue weighted by Gasteiger charge is 2.27. The van der Waals surface area contributed by atoms with Gasteiger partial charge in [-0.05, 0) is 49.6 Å². The van der Waals surface area contributed by atoms with E-state index >= 15 is 0 Å². The van der Waals surface area contributed by atoms with E-state index in [2.05, 4.69) is 20.5 Å². The molecule has 8 heteroatoms. The van der Waals surface area contributed by atoms with Crippen LogP contribution < -0.4 is 5.32 Å². The lowest BCUT2D eigenvalue weighted by atomic mass is 9.97. The summed E-state index contributed by atoms with van der Waals surface area (Å²) < 4.78 is 10.9. The van der Waals surface area contributed by atoms with E-state index in [1.54, 1.807) is 6.26 Å². The Morgan fingerprint density at radius 1 is 1.34 bits per heavy atom. The van der Waals surface area contributed by atoms with Crippen molar-refractivity contribution >= 4 is 11.7 Å². The molecule has 29 heavy (non-hydrogen) atoms. The van der Waals surface area contributed by atoms with Crippen LogP contribution in [0.25, 0.3) is 0 Å². The summed E-state index contributed by atoms with van der Waals surface area (Å²) in [5.74, 6) is 2.54. The topological polar surface area (TPSA) is 96.3 Å². The van der Waals surface area contributed by atoms with Crippen LogP contribution in [-0.2, 0) is 18.0 Å². The van der Waals surface area contributed by atoms with Gasteiger partial charge < -0.3 is 19.4 Å². The van der Waals surface area contributed by atoms with E-state index in [4.69, 9.17) is 9.15 Å². The van der Waals surface area contributed by atoms with E-state index in [0.717, 1.165) is 48.0 Å². The first kappa shape index (κ1) is 19.2. The van der Waals surface area contributed by atoms with E-state index in [1.165, 1.54) is 0 Å². The first-order valence-electron chi connectivity index (χ1n) is 9.81.